The molecule has 34 heavy (non-hydrogen) atoms. The highest BCUT2D eigenvalue weighted by Gasteiger charge is 2.37. The second-order valence-corrected chi connectivity index (χ2v) is 7.79. The van der Waals surface area contributed by atoms with Gasteiger partial charge in [-0.15, -0.1) is 0 Å². The third kappa shape index (κ3) is 8.09. The Labute approximate surface area is 196 Å². The molecule has 1 atom stereocenters. The van der Waals surface area contributed by atoms with E-state index in [0.29, 0.717) is 24.5 Å². The van der Waals surface area contributed by atoms with Crippen LogP contribution in [0.3, 0.4) is 0 Å². The third-order valence-electron chi connectivity index (χ3n) is 5.22. The van der Waals surface area contributed by atoms with Gasteiger partial charge in [-0.25, -0.2) is 8.78 Å². The van der Waals surface area contributed by atoms with Crippen LogP contribution in [-0.4, -0.2) is 37.5 Å². The standard InChI is InChI=1S/C24H30F5N3O2/c1-6-7-16(13-32-21(33)14(2)15(3)23(4,25)26)12-19(22(34)31-5)17-8-10-18(11-9-17)20(30)24(27,28)29/h7-12,20H,6,13,30H2,1-5H3,(H,31,34)(H,32,33)/b15-14+,16-7-,19-12-. The second kappa shape index (κ2) is 11.9. The molecule has 5 nitrogen and oxygen atoms in total. The predicted octanol–water partition coefficient (Wildman–Crippen LogP) is 4.82. The second-order valence-electron chi connectivity index (χ2n) is 7.79. The van der Waals surface area contributed by atoms with Crippen molar-refractivity contribution in [2.45, 2.75) is 52.3 Å². The molecule has 188 valence electrons. The van der Waals surface area contributed by atoms with Crippen LogP contribution in [0.15, 0.2) is 53.1 Å². The van der Waals surface area contributed by atoms with E-state index in [9.17, 15) is 31.5 Å². The molecule has 1 unspecified atom stereocenters. The molecule has 0 radical (unpaired) electrons. The maximum atomic E-state index is 13.5. The van der Waals surface area contributed by atoms with Crippen LogP contribution >= 0.6 is 0 Å². The molecular formula is C24H30F5N3O2. The molecule has 0 bridgehead atoms. The van der Waals surface area contributed by atoms with Crippen LogP contribution in [0.25, 0.3) is 5.57 Å². The summed E-state index contributed by atoms with van der Waals surface area (Å²) < 4.78 is 65.6. The molecular weight excluding hydrogens is 457 g/mol. The van der Waals surface area contributed by atoms with Crippen molar-refractivity contribution in [2.24, 2.45) is 5.73 Å². The van der Waals surface area contributed by atoms with E-state index in [1.165, 1.54) is 51.2 Å². The molecule has 0 fully saturated rings. The van der Waals surface area contributed by atoms with Crippen LogP contribution in [0.4, 0.5) is 22.0 Å². The minimum absolute atomic E-state index is 0.0515. The molecule has 0 saturated carbocycles. The summed E-state index contributed by atoms with van der Waals surface area (Å²) in [5, 5.41) is 5.03. The van der Waals surface area contributed by atoms with Crippen molar-refractivity contribution in [2.75, 3.05) is 13.6 Å². The van der Waals surface area contributed by atoms with Crippen LogP contribution in [-0.2, 0) is 9.59 Å². The summed E-state index contributed by atoms with van der Waals surface area (Å²) in [6.07, 6.45) is -0.842. The number of halogens is 5. The third-order valence-corrected chi connectivity index (χ3v) is 5.22. The van der Waals surface area contributed by atoms with Crippen molar-refractivity contribution in [3.63, 3.8) is 0 Å². The van der Waals surface area contributed by atoms with Crippen LogP contribution < -0.4 is 16.4 Å². The maximum absolute atomic E-state index is 13.5. The average Bonchev–Trinajstić information content (AvgIpc) is 2.77. The van der Waals surface area contributed by atoms with Crippen molar-refractivity contribution in [3.8, 4) is 0 Å². The van der Waals surface area contributed by atoms with Crippen LogP contribution in [0.1, 0.15) is 51.3 Å². The van der Waals surface area contributed by atoms with Crippen molar-refractivity contribution in [3.05, 3.63) is 64.3 Å². The van der Waals surface area contributed by atoms with E-state index in [-0.39, 0.29) is 28.8 Å². The van der Waals surface area contributed by atoms with Gasteiger partial charge in [0.1, 0.15) is 6.04 Å². The first-order valence-electron chi connectivity index (χ1n) is 10.5. The Morgan fingerprint density at radius 3 is 2.06 bits per heavy atom. The first-order valence-corrected chi connectivity index (χ1v) is 10.5. The topological polar surface area (TPSA) is 84.2 Å². The van der Waals surface area contributed by atoms with Gasteiger partial charge < -0.3 is 16.4 Å². The van der Waals surface area contributed by atoms with Gasteiger partial charge in [0, 0.05) is 37.2 Å². The number of benzene rings is 1. The summed E-state index contributed by atoms with van der Waals surface area (Å²) in [5.41, 5.74) is 5.59. The van der Waals surface area contributed by atoms with Gasteiger partial charge in [-0.1, -0.05) is 37.3 Å². The highest BCUT2D eigenvalue weighted by molar-refractivity contribution is 6.20. The van der Waals surface area contributed by atoms with Gasteiger partial charge in [0.15, 0.2) is 0 Å². The Bertz CT molecular complexity index is 972. The normalized spacial score (nSPS) is 14.9. The molecule has 1 rings (SSSR count). The van der Waals surface area contributed by atoms with Gasteiger partial charge in [-0.3, -0.25) is 9.59 Å². The number of rotatable bonds is 9. The summed E-state index contributed by atoms with van der Waals surface area (Å²) in [6.45, 7) is 4.95. The molecule has 0 aliphatic heterocycles. The lowest BCUT2D eigenvalue weighted by Crippen LogP contribution is -2.29. The van der Waals surface area contributed by atoms with Gasteiger partial charge in [-0.05, 0) is 43.0 Å². The number of amides is 2. The monoisotopic (exact) mass is 487 g/mol. The van der Waals surface area contributed by atoms with E-state index >= 15 is 0 Å². The van der Waals surface area contributed by atoms with E-state index in [1.807, 2.05) is 6.92 Å². The number of carbonyl (C=O) groups is 2. The number of nitrogens with one attached hydrogen (secondary N) is 2. The lowest BCUT2D eigenvalue weighted by Gasteiger charge is -2.17. The maximum Gasteiger partial charge on any atom is 0.407 e. The van der Waals surface area contributed by atoms with E-state index in [1.54, 1.807) is 6.08 Å². The molecule has 0 spiro atoms. The number of hydrogen-bond acceptors (Lipinski definition) is 3. The van der Waals surface area contributed by atoms with Crippen molar-refractivity contribution < 1.29 is 31.5 Å². The zero-order valence-corrected chi connectivity index (χ0v) is 19.7. The Balaban J connectivity index is 3.25. The Morgan fingerprint density at radius 1 is 1.06 bits per heavy atom. The fourth-order valence-corrected chi connectivity index (χ4v) is 2.92. The van der Waals surface area contributed by atoms with Gasteiger partial charge in [0.25, 0.3) is 11.8 Å². The first kappa shape index (κ1) is 29.0. The summed E-state index contributed by atoms with van der Waals surface area (Å²) in [4.78, 5) is 24.8. The van der Waals surface area contributed by atoms with Crippen LogP contribution in [0.5, 0.6) is 0 Å². The van der Waals surface area contributed by atoms with Gasteiger partial charge in [0.05, 0.1) is 0 Å². The molecule has 1 aromatic carbocycles. The summed E-state index contributed by atoms with van der Waals surface area (Å²) in [6, 6.07) is 2.93. The Kier molecular flexibility index (Phi) is 10.2. The Morgan fingerprint density at radius 2 is 1.62 bits per heavy atom. The molecule has 0 aliphatic carbocycles. The highest BCUT2D eigenvalue weighted by Crippen LogP contribution is 2.31. The fourth-order valence-electron chi connectivity index (χ4n) is 2.92. The lowest BCUT2D eigenvalue weighted by molar-refractivity contribution is -0.149. The zero-order chi connectivity index (χ0) is 26.3. The van der Waals surface area contributed by atoms with E-state index in [0.717, 1.165) is 0 Å². The number of nitrogens with two attached hydrogens (primary N) is 1. The molecule has 0 aliphatic rings. The van der Waals surface area contributed by atoms with Gasteiger partial charge in [-0.2, -0.15) is 13.2 Å². The van der Waals surface area contributed by atoms with Crippen molar-refractivity contribution >= 4 is 17.4 Å². The number of hydrogen-bond donors (Lipinski definition) is 3. The number of allylic oxidation sites excluding steroid dienone is 2. The van der Waals surface area contributed by atoms with Crippen molar-refractivity contribution in [1.82, 2.24) is 10.6 Å². The zero-order valence-electron chi connectivity index (χ0n) is 19.7. The lowest BCUT2D eigenvalue weighted by atomic mass is 9.98. The van der Waals surface area contributed by atoms with Crippen molar-refractivity contribution in [1.29, 1.82) is 0 Å². The minimum atomic E-state index is -4.61. The SMILES string of the molecule is CC/C=C(/C=C(\C(=O)NC)c1ccc(C(N)C(F)(F)F)cc1)CNC(=O)/C(C)=C(\C)C(C)(F)F. The molecule has 0 heterocycles. The number of carbonyl (C=O) groups excluding carboxylic acids is 2. The molecule has 4 N–H and O–H groups in total. The predicted molar refractivity (Wildman–Crippen MR) is 122 cm³/mol. The summed E-state index contributed by atoms with van der Waals surface area (Å²) in [5.74, 6) is -4.32. The van der Waals surface area contributed by atoms with E-state index in [2.05, 4.69) is 10.6 Å². The molecule has 1 aromatic rings. The molecule has 2 amide bonds. The molecule has 0 saturated heterocycles. The minimum Gasteiger partial charge on any atom is -0.355 e. The highest BCUT2D eigenvalue weighted by atomic mass is 19.4. The average molecular weight is 488 g/mol. The van der Waals surface area contributed by atoms with E-state index in [4.69, 9.17) is 5.73 Å². The molecule has 0 aromatic heterocycles. The largest absolute Gasteiger partial charge is 0.407 e. The van der Waals surface area contributed by atoms with Gasteiger partial charge >= 0.3 is 6.18 Å². The molecule has 10 heteroatoms. The Hall–Kier alpha value is -3.01. The van der Waals surface area contributed by atoms with Crippen LogP contribution in [0.2, 0.25) is 0 Å². The number of likely N-dealkylation sites (N-methyl/N-ethyl adjacent to an activating group) is 1. The summed E-state index contributed by atoms with van der Waals surface area (Å²) >= 11 is 0. The number of alkyl halides is 5. The quantitative estimate of drug-likeness (QED) is 0.265. The smallest absolute Gasteiger partial charge is 0.355 e. The van der Waals surface area contributed by atoms with Crippen LogP contribution in [0, 0.1) is 0 Å². The van der Waals surface area contributed by atoms with Gasteiger partial charge in [0.2, 0.25) is 5.91 Å². The van der Waals surface area contributed by atoms with E-state index < -0.39 is 30.0 Å². The summed E-state index contributed by atoms with van der Waals surface area (Å²) in [7, 11) is 1.40. The fraction of sp³-hybridized carbons (Fsp3) is 0.417. The first-order chi connectivity index (χ1) is 15.6.